The van der Waals surface area contributed by atoms with Crippen LogP contribution < -0.4 is 14.8 Å². The topological polar surface area (TPSA) is 88.9 Å². The van der Waals surface area contributed by atoms with Crippen molar-refractivity contribution in [3.05, 3.63) is 77.6 Å². The highest BCUT2D eigenvalue weighted by Crippen LogP contribution is 2.26. The third kappa shape index (κ3) is 5.48. The summed E-state index contributed by atoms with van der Waals surface area (Å²) < 4.78 is 12.4. The van der Waals surface area contributed by atoms with Gasteiger partial charge in [-0.2, -0.15) is 5.10 Å². The molecule has 9 nitrogen and oxygen atoms in total. The smallest absolute Gasteiger partial charge is 0.317 e. The fourth-order valence-electron chi connectivity index (χ4n) is 3.97. The van der Waals surface area contributed by atoms with Crippen LogP contribution >= 0.6 is 0 Å². The van der Waals surface area contributed by atoms with E-state index in [2.05, 4.69) is 16.5 Å². The number of benzene rings is 2. The van der Waals surface area contributed by atoms with E-state index in [0.717, 1.165) is 11.1 Å². The van der Waals surface area contributed by atoms with Crippen molar-refractivity contribution in [3.8, 4) is 11.5 Å². The van der Waals surface area contributed by atoms with Crippen LogP contribution in [0.1, 0.15) is 21.5 Å². The zero-order valence-electron chi connectivity index (χ0n) is 19.4. The Bertz CT molecular complexity index is 1120. The van der Waals surface area contributed by atoms with Gasteiger partial charge in [0.25, 0.3) is 5.91 Å². The number of aromatic nitrogens is 2. The lowest BCUT2D eigenvalue weighted by atomic mass is 10.1. The maximum absolute atomic E-state index is 13.0. The van der Waals surface area contributed by atoms with Gasteiger partial charge in [-0.15, -0.1) is 0 Å². The Morgan fingerprint density at radius 3 is 2.41 bits per heavy atom. The van der Waals surface area contributed by atoms with Gasteiger partial charge in [-0.1, -0.05) is 24.3 Å². The summed E-state index contributed by atoms with van der Waals surface area (Å²) >= 11 is 0. The molecule has 9 heteroatoms. The number of ether oxygens (including phenoxy) is 2. The number of nitrogens with zero attached hydrogens (tertiary/aromatic N) is 4. The molecule has 1 fully saturated rings. The van der Waals surface area contributed by atoms with Gasteiger partial charge in [0.2, 0.25) is 0 Å². The van der Waals surface area contributed by atoms with Crippen LogP contribution in [0.4, 0.5) is 4.79 Å². The van der Waals surface area contributed by atoms with Gasteiger partial charge in [-0.05, 0) is 29.3 Å². The minimum atomic E-state index is -0.133. The van der Waals surface area contributed by atoms with Gasteiger partial charge in [0.15, 0.2) is 0 Å². The molecular weight excluding hydrogens is 434 g/mol. The van der Waals surface area contributed by atoms with Gasteiger partial charge >= 0.3 is 6.03 Å². The number of urea groups is 1. The quantitative estimate of drug-likeness (QED) is 0.582. The van der Waals surface area contributed by atoms with Gasteiger partial charge in [-0.3, -0.25) is 9.48 Å². The molecule has 2 heterocycles. The van der Waals surface area contributed by atoms with E-state index in [1.807, 2.05) is 35.1 Å². The Labute approximate surface area is 198 Å². The molecule has 0 aliphatic carbocycles. The highest BCUT2D eigenvalue weighted by molar-refractivity contribution is 5.97. The zero-order valence-corrected chi connectivity index (χ0v) is 19.4. The molecule has 0 atom stereocenters. The van der Waals surface area contributed by atoms with Gasteiger partial charge in [-0.25, -0.2) is 4.79 Å². The predicted octanol–water partition coefficient (Wildman–Crippen LogP) is 2.62. The van der Waals surface area contributed by atoms with E-state index in [9.17, 15) is 9.59 Å². The van der Waals surface area contributed by atoms with Crippen molar-refractivity contribution < 1.29 is 19.1 Å². The molecule has 2 aromatic carbocycles. The van der Waals surface area contributed by atoms with Crippen LogP contribution in [-0.2, 0) is 13.1 Å². The van der Waals surface area contributed by atoms with E-state index in [-0.39, 0.29) is 11.9 Å². The Morgan fingerprint density at radius 2 is 1.71 bits per heavy atom. The highest BCUT2D eigenvalue weighted by atomic mass is 16.5. The SMILES string of the molecule is COc1ccc(C(=O)N2CCN(C(=O)NCc3cccc(Cn4cccn4)c3)CC2)c(OC)c1. The van der Waals surface area contributed by atoms with Gasteiger partial charge in [0.05, 0.1) is 26.3 Å². The zero-order chi connectivity index (χ0) is 23.9. The molecule has 0 bridgehead atoms. The van der Waals surface area contributed by atoms with Crippen LogP contribution in [0, 0.1) is 0 Å². The second-order valence-electron chi connectivity index (χ2n) is 8.03. The Balaban J connectivity index is 1.28. The van der Waals surface area contributed by atoms with E-state index in [4.69, 9.17) is 9.47 Å². The van der Waals surface area contributed by atoms with Crippen molar-refractivity contribution in [2.45, 2.75) is 13.1 Å². The van der Waals surface area contributed by atoms with Crippen LogP contribution in [0.15, 0.2) is 60.9 Å². The number of piperazine rings is 1. The first-order chi connectivity index (χ1) is 16.6. The van der Waals surface area contributed by atoms with E-state index in [1.165, 1.54) is 7.11 Å². The lowest BCUT2D eigenvalue weighted by molar-refractivity contribution is 0.0661. The third-order valence-corrected chi connectivity index (χ3v) is 5.83. The van der Waals surface area contributed by atoms with Crippen LogP contribution in [0.5, 0.6) is 11.5 Å². The number of hydrogen-bond donors (Lipinski definition) is 1. The summed E-state index contributed by atoms with van der Waals surface area (Å²) in [5.41, 5.74) is 2.63. The molecule has 1 aliphatic heterocycles. The van der Waals surface area contributed by atoms with Crippen LogP contribution in [-0.4, -0.2) is 71.9 Å². The molecule has 0 saturated carbocycles. The number of methoxy groups -OCH3 is 2. The first-order valence-electron chi connectivity index (χ1n) is 11.2. The molecule has 1 saturated heterocycles. The van der Waals surface area contributed by atoms with E-state index in [0.29, 0.717) is 56.3 Å². The summed E-state index contributed by atoms with van der Waals surface area (Å²) in [6.45, 7) is 2.98. The molecule has 3 aromatic rings. The minimum absolute atomic E-state index is 0.117. The summed E-state index contributed by atoms with van der Waals surface area (Å²) in [6, 6.07) is 15.0. The average Bonchev–Trinajstić information content (AvgIpc) is 3.39. The molecule has 4 rings (SSSR count). The average molecular weight is 464 g/mol. The van der Waals surface area contributed by atoms with Crippen LogP contribution in [0.3, 0.4) is 0 Å². The molecular formula is C25H29N5O4. The number of carbonyl (C=O) groups excluding carboxylic acids is 2. The molecule has 1 aliphatic rings. The molecule has 0 spiro atoms. The normalized spacial score (nSPS) is 13.5. The summed E-state index contributed by atoms with van der Waals surface area (Å²) in [7, 11) is 3.10. The largest absolute Gasteiger partial charge is 0.497 e. The van der Waals surface area contributed by atoms with Gasteiger partial charge < -0.3 is 24.6 Å². The Hall–Kier alpha value is -4.01. The van der Waals surface area contributed by atoms with Crippen molar-refractivity contribution in [2.24, 2.45) is 0 Å². The lowest BCUT2D eigenvalue weighted by Gasteiger charge is -2.35. The third-order valence-electron chi connectivity index (χ3n) is 5.83. The monoisotopic (exact) mass is 463 g/mol. The van der Waals surface area contributed by atoms with E-state index < -0.39 is 0 Å². The number of amides is 3. The van der Waals surface area contributed by atoms with Crippen LogP contribution in [0.2, 0.25) is 0 Å². The number of carbonyl (C=O) groups is 2. The first kappa shape index (κ1) is 23.2. The maximum Gasteiger partial charge on any atom is 0.317 e. The lowest BCUT2D eigenvalue weighted by Crippen LogP contribution is -2.53. The summed E-state index contributed by atoms with van der Waals surface area (Å²) in [5, 5.41) is 7.22. The van der Waals surface area contributed by atoms with Gasteiger partial charge in [0.1, 0.15) is 11.5 Å². The summed E-state index contributed by atoms with van der Waals surface area (Å²) in [5.74, 6) is 0.981. The molecule has 34 heavy (non-hydrogen) atoms. The van der Waals surface area contributed by atoms with Crippen molar-refractivity contribution in [1.82, 2.24) is 24.9 Å². The van der Waals surface area contributed by atoms with Crippen molar-refractivity contribution >= 4 is 11.9 Å². The molecule has 1 aromatic heterocycles. The molecule has 3 amide bonds. The summed E-state index contributed by atoms with van der Waals surface area (Å²) in [4.78, 5) is 29.2. The molecule has 0 radical (unpaired) electrons. The fourth-order valence-corrected chi connectivity index (χ4v) is 3.97. The second-order valence-corrected chi connectivity index (χ2v) is 8.03. The first-order valence-corrected chi connectivity index (χ1v) is 11.2. The fraction of sp³-hybridized carbons (Fsp3) is 0.320. The van der Waals surface area contributed by atoms with Gasteiger partial charge in [0, 0.05) is 51.2 Å². The maximum atomic E-state index is 13.0. The van der Waals surface area contributed by atoms with Crippen molar-refractivity contribution in [1.29, 1.82) is 0 Å². The highest BCUT2D eigenvalue weighted by Gasteiger charge is 2.26. The minimum Gasteiger partial charge on any atom is -0.497 e. The standard InChI is InChI=1S/C25H29N5O4/c1-33-21-7-8-22(23(16-21)34-2)24(31)28-11-13-29(14-12-28)25(32)26-17-19-5-3-6-20(15-19)18-30-10-4-9-27-30/h3-10,15-16H,11-14,17-18H2,1-2H3,(H,26,32). The Kier molecular flexibility index (Phi) is 7.31. The molecule has 178 valence electrons. The van der Waals surface area contributed by atoms with Crippen molar-refractivity contribution in [2.75, 3.05) is 40.4 Å². The Morgan fingerprint density at radius 1 is 0.941 bits per heavy atom. The van der Waals surface area contributed by atoms with E-state index >= 15 is 0 Å². The molecule has 1 N–H and O–H groups in total. The molecule has 0 unspecified atom stereocenters. The predicted molar refractivity (Wildman–Crippen MR) is 127 cm³/mol. The van der Waals surface area contributed by atoms with Crippen LogP contribution in [0.25, 0.3) is 0 Å². The van der Waals surface area contributed by atoms with Crippen molar-refractivity contribution in [3.63, 3.8) is 0 Å². The van der Waals surface area contributed by atoms with E-state index in [1.54, 1.807) is 41.3 Å². The number of hydrogen-bond acceptors (Lipinski definition) is 5. The number of rotatable bonds is 7. The number of nitrogens with one attached hydrogen (secondary N) is 1. The summed E-state index contributed by atoms with van der Waals surface area (Å²) in [6.07, 6.45) is 3.68. The second kappa shape index (κ2) is 10.7.